The Labute approximate surface area is 91.2 Å². The number of amides is 1. The first-order valence-electron chi connectivity index (χ1n) is 4.88. The van der Waals surface area contributed by atoms with Gasteiger partial charge in [0.05, 0.1) is 11.8 Å². The van der Waals surface area contributed by atoms with Crippen LogP contribution in [0.5, 0.6) is 0 Å². The highest BCUT2D eigenvalue weighted by atomic mass is 35.5. The molecule has 1 aliphatic rings. The van der Waals surface area contributed by atoms with E-state index in [1.54, 1.807) is 0 Å². The molecule has 0 aromatic carbocycles. The van der Waals surface area contributed by atoms with Crippen LogP contribution >= 0.6 is 11.6 Å². The summed E-state index contributed by atoms with van der Waals surface area (Å²) in [5, 5.41) is 2.39. The quantitative estimate of drug-likeness (QED) is 0.759. The van der Waals surface area contributed by atoms with Crippen LogP contribution in [0.1, 0.15) is 32.1 Å². The molecule has 0 saturated heterocycles. The molecule has 1 amide bonds. The maximum atomic E-state index is 11.8. The minimum Gasteiger partial charge on any atom is -0.352 e. The van der Waals surface area contributed by atoms with Gasteiger partial charge in [-0.15, -0.1) is 11.6 Å². The summed E-state index contributed by atoms with van der Waals surface area (Å²) >= 11 is 5.88. The van der Waals surface area contributed by atoms with Crippen LogP contribution in [-0.2, 0) is 4.79 Å². The lowest BCUT2D eigenvalue weighted by Gasteiger charge is -2.16. The third-order valence-corrected chi connectivity index (χ3v) is 2.94. The summed E-state index contributed by atoms with van der Waals surface area (Å²) in [7, 11) is 0. The Morgan fingerprint density at radius 2 is 2.07 bits per heavy atom. The second-order valence-corrected chi connectivity index (χ2v) is 4.30. The van der Waals surface area contributed by atoms with E-state index in [0.717, 1.165) is 19.3 Å². The summed E-state index contributed by atoms with van der Waals surface area (Å²) in [6, 6.07) is -0.160. The highest BCUT2D eigenvalue weighted by Gasteiger charge is 2.30. The molecule has 0 spiro atoms. The smallest absolute Gasteiger partial charge is 0.352 e. The van der Waals surface area contributed by atoms with E-state index in [2.05, 4.69) is 5.32 Å². The average Bonchev–Trinajstić information content (AvgIpc) is 2.47. The number of carbonyl (C=O) groups is 1. The van der Waals surface area contributed by atoms with E-state index in [0.29, 0.717) is 0 Å². The fraction of sp³-hybridized carbons (Fsp3) is 0.889. The number of alkyl halides is 4. The molecule has 1 aliphatic carbocycles. The van der Waals surface area contributed by atoms with Gasteiger partial charge in [0.25, 0.3) is 0 Å². The molecule has 2 unspecified atom stereocenters. The van der Waals surface area contributed by atoms with Gasteiger partial charge < -0.3 is 5.32 Å². The monoisotopic (exact) mass is 243 g/mol. The van der Waals surface area contributed by atoms with Crippen LogP contribution in [0.4, 0.5) is 13.2 Å². The van der Waals surface area contributed by atoms with Crippen LogP contribution in [0.25, 0.3) is 0 Å². The van der Waals surface area contributed by atoms with Crippen molar-refractivity contribution in [2.24, 2.45) is 0 Å². The normalized spacial score (nSPS) is 26.7. The predicted octanol–water partition coefficient (Wildman–Crippen LogP) is 2.61. The first kappa shape index (κ1) is 12.6. The van der Waals surface area contributed by atoms with Gasteiger partial charge in [0.1, 0.15) is 0 Å². The van der Waals surface area contributed by atoms with E-state index in [-0.39, 0.29) is 11.4 Å². The molecule has 1 N–H and O–H groups in total. The van der Waals surface area contributed by atoms with Crippen molar-refractivity contribution in [2.75, 3.05) is 0 Å². The molecule has 0 heterocycles. The van der Waals surface area contributed by atoms with Gasteiger partial charge in [-0.05, 0) is 19.3 Å². The summed E-state index contributed by atoms with van der Waals surface area (Å²) in [4.78, 5) is 11.1. The van der Waals surface area contributed by atoms with Crippen molar-refractivity contribution < 1.29 is 18.0 Å². The van der Waals surface area contributed by atoms with E-state index in [1.807, 2.05) is 0 Å². The Bertz CT molecular complexity index is 232. The van der Waals surface area contributed by atoms with Gasteiger partial charge in [-0.2, -0.15) is 13.2 Å². The molecule has 0 bridgehead atoms. The fourth-order valence-electron chi connectivity index (χ4n) is 1.61. The van der Waals surface area contributed by atoms with Gasteiger partial charge in [-0.25, -0.2) is 0 Å². The Kier molecular flexibility index (Phi) is 4.25. The van der Waals surface area contributed by atoms with Crippen molar-refractivity contribution in [2.45, 2.75) is 49.7 Å². The second-order valence-electron chi connectivity index (χ2n) is 3.74. The van der Waals surface area contributed by atoms with Crippen LogP contribution in [-0.4, -0.2) is 23.5 Å². The molecule has 15 heavy (non-hydrogen) atoms. The van der Waals surface area contributed by atoms with Crippen LogP contribution in [0, 0.1) is 0 Å². The van der Waals surface area contributed by atoms with Crippen LogP contribution in [0.15, 0.2) is 0 Å². The maximum absolute atomic E-state index is 11.8. The van der Waals surface area contributed by atoms with Gasteiger partial charge in [0.15, 0.2) is 0 Å². The van der Waals surface area contributed by atoms with Gasteiger partial charge >= 0.3 is 6.18 Å². The summed E-state index contributed by atoms with van der Waals surface area (Å²) in [6.07, 6.45) is -3.37. The molecule has 0 radical (unpaired) electrons. The van der Waals surface area contributed by atoms with Gasteiger partial charge in [0, 0.05) is 12.5 Å². The summed E-state index contributed by atoms with van der Waals surface area (Å²) < 4.78 is 35.4. The lowest BCUT2D eigenvalue weighted by molar-refractivity contribution is -0.144. The molecule has 0 aliphatic heterocycles. The molecule has 1 saturated carbocycles. The maximum Gasteiger partial charge on any atom is 0.389 e. The van der Waals surface area contributed by atoms with E-state index in [9.17, 15) is 18.0 Å². The SMILES string of the molecule is O=C(CCC(F)(F)F)NC1CCCC1Cl. The highest BCUT2D eigenvalue weighted by Crippen LogP contribution is 2.25. The largest absolute Gasteiger partial charge is 0.389 e. The van der Waals surface area contributed by atoms with Gasteiger partial charge in [-0.3, -0.25) is 4.79 Å². The van der Waals surface area contributed by atoms with E-state index in [1.165, 1.54) is 0 Å². The number of hydrogen-bond acceptors (Lipinski definition) is 1. The lowest BCUT2D eigenvalue weighted by atomic mass is 10.2. The van der Waals surface area contributed by atoms with Crippen LogP contribution in [0.3, 0.4) is 0 Å². The van der Waals surface area contributed by atoms with Crippen molar-refractivity contribution in [1.82, 2.24) is 5.32 Å². The summed E-state index contributed by atoms with van der Waals surface area (Å²) in [6.45, 7) is 0. The first-order valence-corrected chi connectivity index (χ1v) is 5.32. The fourth-order valence-corrected chi connectivity index (χ4v) is 1.95. The number of carbonyl (C=O) groups excluding carboxylic acids is 1. The zero-order chi connectivity index (χ0) is 11.5. The minimum atomic E-state index is -4.27. The lowest BCUT2D eigenvalue weighted by Crippen LogP contribution is -2.38. The van der Waals surface area contributed by atoms with Crippen molar-refractivity contribution in [1.29, 1.82) is 0 Å². The molecule has 1 rings (SSSR count). The second kappa shape index (κ2) is 5.05. The molecule has 88 valence electrons. The molecule has 2 nitrogen and oxygen atoms in total. The van der Waals surface area contributed by atoms with E-state index in [4.69, 9.17) is 11.6 Å². The summed E-state index contributed by atoms with van der Waals surface area (Å²) in [5.41, 5.74) is 0. The zero-order valence-electron chi connectivity index (χ0n) is 8.11. The van der Waals surface area contributed by atoms with Gasteiger partial charge in [-0.1, -0.05) is 0 Å². The van der Waals surface area contributed by atoms with Crippen molar-refractivity contribution in [3.8, 4) is 0 Å². The van der Waals surface area contributed by atoms with Crippen LogP contribution < -0.4 is 5.32 Å². The Morgan fingerprint density at radius 1 is 1.40 bits per heavy atom. The Morgan fingerprint density at radius 3 is 2.53 bits per heavy atom. The minimum absolute atomic E-state index is 0.139. The molecular weight excluding hydrogens is 231 g/mol. The van der Waals surface area contributed by atoms with E-state index >= 15 is 0 Å². The average molecular weight is 244 g/mol. The molecule has 1 fully saturated rings. The highest BCUT2D eigenvalue weighted by molar-refractivity contribution is 6.21. The number of nitrogens with one attached hydrogen (secondary N) is 1. The number of rotatable bonds is 3. The third kappa shape index (κ3) is 4.73. The molecule has 0 aromatic rings. The topological polar surface area (TPSA) is 29.1 Å². The predicted molar refractivity (Wildman–Crippen MR) is 50.7 cm³/mol. The standard InChI is InChI=1S/C9H13ClF3NO/c10-6-2-1-3-7(6)14-8(15)4-5-9(11,12)13/h6-7H,1-5H2,(H,14,15). The number of halogens is 4. The van der Waals surface area contributed by atoms with Gasteiger partial charge in [0.2, 0.25) is 5.91 Å². The molecule has 2 atom stereocenters. The van der Waals surface area contributed by atoms with Crippen molar-refractivity contribution in [3.63, 3.8) is 0 Å². The number of hydrogen-bond donors (Lipinski definition) is 1. The molecular formula is C9H13ClF3NO. The van der Waals surface area contributed by atoms with Crippen molar-refractivity contribution >= 4 is 17.5 Å². The molecule has 0 aromatic heterocycles. The third-order valence-electron chi connectivity index (χ3n) is 2.41. The van der Waals surface area contributed by atoms with Crippen molar-refractivity contribution in [3.05, 3.63) is 0 Å². The molecule has 6 heteroatoms. The van der Waals surface area contributed by atoms with E-state index < -0.39 is 24.9 Å². The zero-order valence-corrected chi connectivity index (χ0v) is 8.87. The Balaban J connectivity index is 2.24. The van der Waals surface area contributed by atoms with Crippen LogP contribution in [0.2, 0.25) is 0 Å². The summed E-state index contributed by atoms with van der Waals surface area (Å²) in [5.74, 6) is -0.565. The Hall–Kier alpha value is -0.450. The first-order chi connectivity index (χ1) is 6.88.